The highest BCUT2D eigenvalue weighted by molar-refractivity contribution is 5.69. The molecule has 0 aliphatic carbocycles. The summed E-state index contributed by atoms with van der Waals surface area (Å²) in [5, 5.41) is 25.2. The lowest BCUT2D eigenvalue weighted by atomic mass is 10.2. The number of aliphatic hydroxyl groups is 1. The van der Waals surface area contributed by atoms with E-state index in [1.165, 1.54) is 10.9 Å². The second-order valence-electron chi connectivity index (χ2n) is 3.24. The summed E-state index contributed by atoms with van der Waals surface area (Å²) in [6.45, 7) is 3.42. The number of aliphatic hydroxyl groups excluding tert-OH is 1. The Balaban J connectivity index is 2.72. The Kier molecular flexibility index (Phi) is 3.19. The van der Waals surface area contributed by atoms with Crippen molar-refractivity contribution in [3.63, 3.8) is 0 Å². The molecule has 0 amide bonds. The molecule has 0 bridgehead atoms. The number of carboxylic acids is 1. The summed E-state index contributed by atoms with van der Waals surface area (Å²) in [4.78, 5) is 10.4. The molecule has 2 N–H and O–H groups in total. The number of carboxylic acid groups (broad SMARTS) is 1. The Morgan fingerprint density at radius 3 is 2.79 bits per heavy atom. The Bertz CT molecular complexity index is 321. The summed E-state index contributed by atoms with van der Waals surface area (Å²) in [5.74, 6) is -0.943. The minimum Gasteiger partial charge on any atom is -0.481 e. The molecule has 0 saturated carbocycles. The number of carbonyl (C=O) groups is 1. The average molecular weight is 199 g/mol. The Labute approximate surface area is 81.2 Å². The summed E-state index contributed by atoms with van der Waals surface area (Å²) in [7, 11) is 0. The van der Waals surface area contributed by atoms with Gasteiger partial charge in [0, 0.05) is 6.20 Å². The van der Waals surface area contributed by atoms with Crippen molar-refractivity contribution in [2.45, 2.75) is 32.4 Å². The van der Waals surface area contributed by atoms with Gasteiger partial charge in [0.2, 0.25) is 0 Å². The lowest BCUT2D eigenvalue weighted by Crippen LogP contribution is -2.18. The van der Waals surface area contributed by atoms with Crippen LogP contribution in [0.15, 0.2) is 6.20 Å². The van der Waals surface area contributed by atoms with Crippen LogP contribution >= 0.6 is 0 Å². The molecule has 1 aromatic heterocycles. The van der Waals surface area contributed by atoms with Crippen LogP contribution in [-0.2, 0) is 11.2 Å². The molecule has 0 aliphatic rings. The van der Waals surface area contributed by atoms with Gasteiger partial charge in [0.05, 0.1) is 24.3 Å². The molecule has 0 aromatic carbocycles. The largest absolute Gasteiger partial charge is 0.481 e. The second-order valence-corrected chi connectivity index (χ2v) is 3.24. The predicted molar refractivity (Wildman–Crippen MR) is 47.8 cm³/mol. The SMILES string of the molecule is CC(O)C(C)n1cc(CC(=O)O)nn1. The average Bonchev–Trinajstić information content (AvgIpc) is 2.50. The summed E-state index contributed by atoms with van der Waals surface area (Å²) in [5.41, 5.74) is 0.394. The molecule has 1 heterocycles. The summed E-state index contributed by atoms with van der Waals surface area (Å²) >= 11 is 0. The lowest BCUT2D eigenvalue weighted by molar-refractivity contribution is -0.136. The number of aromatic nitrogens is 3. The molecule has 2 unspecified atom stereocenters. The Hall–Kier alpha value is -1.43. The molecule has 0 saturated heterocycles. The van der Waals surface area contributed by atoms with Crippen molar-refractivity contribution in [3.8, 4) is 0 Å². The van der Waals surface area contributed by atoms with E-state index in [9.17, 15) is 9.90 Å². The van der Waals surface area contributed by atoms with E-state index in [2.05, 4.69) is 10.3 Å². The van der Waals surface area contributed by atoms with Gasteiger partial charge in [-0.3, -0.25) is 4.79 Å². The van der Waals surface area contributed by atoms with Gasteiger partial charge in [-0.25, -0.2) is 4.68 Å². The monoisotopic (exact) mass is 199 g/mol. The van der Waals surface area contributed by atoms with E-state index in [-0.39, 0.29) is 12.5 Å². The maximum absolute atomic E-state index is 10.4. The molecule has 78 valence electrons. The Morgan fingerprint density at radius 1 is 1.64 bits per heavy atom. The third-order valence-corrected chi connectivity index (χ3v) is 2.01. The highest BCUT2D eigenvalue weighted by atomic mass is 16.4. The molecule has 0 fully saturated rings. The van der Waals surface area contributed by atoms with E-state index in [0.717, 1.165) is 0 Å². The first-order chi connectivity index (χ1) is 6.50. The first-order valence-corrected chi connectivity index (χ1v) is 4.31. The van der Waals surface area contributed by atoms with Gasteiger partial charge in [0.15, 0.2) is 0 Å². The maximum Gasteiger partial charge on any atom is 0.309 e. The van der Waals surface area contributed by atoms with Crippen molar-refractivity contribution in [2.75, 3.05) is 0 Å². The van der Waals surface area contributed by atoms with Crippen molar-refractivity contribution in [2.24, 2.45) is 0 Å². The standard InChI is InChI=1S/C8H13N3O3/c1-5(6(2)12)11-4-7(9-10-11)3-8(13)14/h4-6,12H,3H2,1-2H3,(H,13,14). The first kappa shape index (κ1) is 10.6. The smallest absolute Gasteiger partial charge is 0.309 e. The van der Waals surface area contributed by atoms with Crippen molar-refractivity contribution < 1.29 is 15.0 Å². The zero-order valence-corrected chi connectivity index (χ0v) is 8.08. The molecular weight excluding hydrogens is 186 g/mol. The van der Waals surface area contributed by atoms with Crippen molar-refractivity contribution in [1.29, 1.82) is 0 Å². The molecule has 6 nitrogen and oxygen atoms in total. The highest BCUT2D eigenvalue weighted by Crippen LogP contribution is 2.09. The van der Waals surface area contributed by atoms with Gasteiger partial charge < -0.3 is 10.2 Å². The minimum absolute atomic E-state index is 0.146. The third kappa shape index (κ3) is 2.53. The molecule has 2 atom stereocenters. The molecule has 0 spiro atoms. The van der Waals surface area contributed by atoms with Crippen LogP contribution in [0, 0.1) is 0 Å². The number of nitrogens with zero attached hydrogens (tertiary/aromatic N) is 3. The number of hydrogen-bond donors (Lipinski definition) is 2. The van der Waals surface area contributed by atoms with Crippen LogP contribution in [0.2, 0.25) is 0 Å². The van der Waals surface area contributed by atoms with Gasteiger partial charge in [0.25, 0.3) is 0 Å². The summed E-state index contributed by atoms with van der Waals surface area (Å²) < 4.78 is 1.46. The van der Waals surface area contributed by atoms with Crippen LogP contribution in [0.25, 0.3) is 0 Å². The van der Waals surface area contributed by atoms with E-state index >= 15 is 0 Å². The predicted octanol–water partition coefficient (Wildman–Crippen LogP) is -0.153. The molecule has 1 rings (SSSR count). The molecule has 6 heteroatoms. The van der Waals surface area contributed by atoms with Crippen LogP contribution in [0.3, 0.4) is 0 Å². The number of hydrogen-bond acceptors (Lipinski definition) is 4. The number of rotatable bonds is 4. The van der Waals surface area contributed by atoms with Crippen molar-refractivity contribution in [3.05, 3.63) is 11.9 Å². The molecule has 1 aromatic rings. The van der Waals surface area contributed by atoms with Gasteiger partial charge in [0.1, 0.15) is 0 Å². The zero-order valence-electron chi connectivity index (χ0n) is 8.08. The molecular formula is C8H13N3O3. The van der Waals surface area contributed by atoms with E-state index in [4.69, 9.17) is 5.11 Å². The summed E-state index contributed by atoms with van der Waals surface area (Å²) in [6.07, 6.45) is 0.840. The van der Waals surface area contributed by atoms with Gasteiger partial charge in [-0.2, -0.15) is 0 Å². The van der Waals surface area contributed by atoms with Crippen LogP contribution in [-0.4, -0.2) is 37.3 Å². The van der Waals surface area contributed by atoms with E-state index < -0.39 is 12.1 Å². The normalized spacial score (nSPS) is 15.1. The topological polar surface area (TPSA) is 88.2 Å². The molecule has 0 radical (unpaired) electrons. The first-order valence-electron chi connectivity index (χ1n) is 4.31. The highest BCUT2D eigenvalue weighted by Gasteiger charge is 2.13. The van der Waals surface area contributed by atoms with E-state index in [1.807, 2.05) is 0 Å². The van der Waals surface area contributed by atoms with Gasteiger partial charge in [-0.1, -0.05) is 5.21 Å². The second kappa shape index (κ2) is 4.19. The quantitative estimate of drug-likeness (QED) is 0.703. The lowest BCUT2D eigenvalue weighted by Gasteiger charge is -2.13. The van der Waals surface area contributed by atoms with Gasteiger partial charge >= 0.3 is 5.97 Å². The fourth-order valence-electron chi connectivity index (χ4n) is 0.969. The van der Waals surface area contributed by atoms with Gasteiger partial charge in [-0.05, 0) is 13.8 Å². The fourth-order valence-corrected chi connectivity index (χ4v) is 0.969. The maximum atomic E-state index is 10.4. The van der Waals surface area contributed by atoms with Crippen LogP contribution in [0.1, 0.15) is 25.6 Å². The van der Waals surface area contributed by atoms with E-state index in [0.29, 0.717) is 5.69 Å². The Morgan fingerprint density at radius 2 is 2.29 bits per heavy atom. The van der Waals surface area contributed by atoms with Crippen molar-refractivity contribution >= 4 is 5.97 Å². The number of aliphatic carboxylic acids is 1. The van der Waals surface area contributed by atoms with E-state index in [1.54, 1.807) is 13.8 Å². The fraction of sp³-hybridized carbons (Fsp3) is 0.625. The van der Waals surface area contributed by atoms with Crippen LogP contribution in [0.4, 0.5) is 0 Å². The molecule has 0 aliphatic heterocycles. The summed E-state index contributed by atoms with van der Waals surface area (Å²) in [6, 6.07) is -0.204. The third-order valence-electron chi connectivity index (χ3n) is 2.01. The van der Waals surface area contributed by atoms with Crippen LogP contribution in [0.5, 0.6) is 0 Å². The van der Waals surface area contributed by atoms with Gasteiger partial charge in [-0.15, -0.1) is 5.10 Å². The van der Waals surface area contributed by atoms with Crippen molar-refractivity contribution in [1.82, 2.24) is 15.0 Å². The zero-order chi connectivity index (χ0) is 10.7. The molecule has 14 heavy (non-hydrogen) atoms. The van der Waals surface area contributed by atoms with Crippen LogP contribution < -0.4 is 0 Å². The minimum atomic E-state index is -0.943.